The molecule has 0 N–H and O–H groups in total. The molecule has 1 aliphatic rings. The largest absolute Gasteiger partial charge is 0.338 e. The monoisotopic (exact) mass is 323 g/mol. The quantitative estimate of drug-likeness (QED) is 0.744. The minimum absolute atomic E-state index is 0.122. The second-order valence-electron chi connectivity index (χ2n) is 6.60. The molecule has 0 bridgehead atoms. The molecule has 0 atom stereocenters. The van der Waals surface area contributed by atoms with Crippen LogP contribution in [0.15, 0.2) is 36.5 Å². The van der Waals surface area contributed by atoms with Crippen LogP contribution in [0.1, 0.15) is 31.4 Å². The van der Waals surface area contributed by atoms with Gasteiger partial charge in [0.1, 0.15) is 12.4 Å². The van der Waals surface area contributed by atoms with Gasteiger partial charge >= 0.3 is 0 Å². The highest BCUT2D eigenvalue weighted by atomic mass is 16.2. The Morgan fingerprint density at radius 3 is 2.83 bits per heavy atom. The van der Waals surface area contributed by atoms with E-state index in [2.05, 4.69) is 34.7 Å². The Morgan fingerprint density at radius 1 is 1.17 bits per heavy atom. The Labute approximate surface area is 140 Å². The minimum Gasteiger partial charge on any atom is -0.338 e. The zero-order chi connectivity index (χ0) is 16.7. The maximum absolute atomic E-state index is 12.7. The van der Waals surface area contributed by atoms with Crippen molar-refractivity contribution >= 4 is 16.8 Å². The van der Waals surface area contributed by atoms with Gasteiger partial charge in [0.05, 0.1) is 6.54 Å². The van der Waals surface area contributed by atoms with E-state index in [-0.39, 0.29) is 5.91 Å². The summed E-state index contributed by atoms with van der Waals surface area (Å²) < 4.78 is 4.16. The standard InChI is InChI=1S/C18H21N5O/c1-13(2)18-20-19-16-11-22(9-10-23(16)18)17(24)12-21-8-7-14-5-3-4-6-15(14)21/h3-8,13H,9-12H2,1-2H3. The highest BCUT2D eigenvalue weighted by Gasteiger charge is 2.25. The van der Waals surface area contributed by atoms with Crippen LogP contribution in [0.5, 0.6) is 0 Å². The smallest absolute Gasteiger partial charge is 0.242 e. The summed E-state index contributed by atoms with van der Waals surface area (Å²) in [5.74, 6) is 2.36. The molecule has 6 nitrogen and oxygen atoms in total. The second-order valence-corrected chi connectivity index (χ2v) is 6.60. The van der Waals surface area contributed by atoms with Gasteiger partial charge in [0.15, 0.2) is 5.82 Å². The van der Waals surface area contributed by atoms with Gasteiger partial charge in [-0.05, 0) is 17.5 Å². The molecule has 1 aromatic carbocycles. The summed E-state index contributed by atoms with van der Waals surface area (Å²) in [7, 11) is 0. The molecule has 2 aromatic heterocycles. The summed E-state index contributed by atoms with van der Waals surface area (Å²) in [6.07, 6.45) is 1.98. The zero-order valence-corrected chi connectivity index (χ0v) is 14.0. The molecule has 0 spiro atoms. The van der Waals surface area contributed by atoms with Crippen molar-refractivity contribution in [3.8, 4) is 0 Å². The summed E-state index contributed by atoms with van der Waals surface area (Å²) in [5.41, 5.74) is 1.09. The number of rotatable bonds is 3. The summed E-state index contributed by atoms with van der Waals surface area (Å²) in [4.78, 5) is 14.6. The molecule has 0 unspecified atom stereocenters. The van der Waals surface area contributed by atoms with Gasteiger partial charge in [-0.2, -0.15) is 0 Å². The second kappa shape index (κ2) is 5.78. The molecule has 1 amide bonds. The lowest BCUT2D eigenvalue weighted by Crippen LogP contribution is -2.40. The third-order valence-electron chi connectivity index (χ3n) is 4.64. The molecule has 0 aliphatic carbocycles. The van der Waals surface area contributed by atoms with Gasteiger partial charge in [-0.25, -0.2) is 0 Å². The third-order valence-corrected chi connectivity index (χ3v) is 4.64. The van der Waals surface area contributed by atoms with Crippen LogP contribution in [0, 0.1) is 0 Å². The lowest BCUT2D eigenvalue weighted by molar-refractivity contribution is -0.133. The summed E-state index contributed by atoms with van der Waals surface area (Å²) in [5, 5.41) is 9.71. The number of aromatic nitrogens is 4. The highest BCUT2D eigenvalue weighted by Crippen LogP contribution is 2.19. The van der Waals surface area contributed by atoms with Crippen molar-refractivity contribution in [2.45, 2.75) is 39.4 Å². The minimum atomic E-state index is 0.122. The van der Waals surface area contributed by atoms with Crippen LogP contribution in [0.3, 0.4) is 0 Å². The van der Waals surface area contributed by atoms with Crippen LogP contribution in [0.25, 0.3) is 10.9 Å². The number of para-hydroxylation sites is 1. The van der Waals surface area contributed by atoms with E-state index < -0.39 is 0 Å². The first-order valence-electron chi connectivity index (χ1n) is 8.37. The first-order valence-corrected chi connectivity index (χ1v) is 8.37. The first-order chi connectivity index (χ1) is 11.6. The number of carbonyl (C=O) groups excluding carboxylic acids is 1. The van der Waals surface area contributed by atoms with Gasteiger partial charge in [-0.1, -0.05) is 32.0 Å². The first kappa shape index (κ1) is 14.9. The summed E-state index contributed by atoms with van der Waals surface area (Å²) in [6, 6.07) is 10.2. The number of hydrogen-bond donors (Lipinski definition) is 0. The topological polar surface area (TPSA) is 56.0 Å². The molecule has 1 aliphatic heterocycles. The van der Waals surface area contributed by atoms with Crippen molar-refractivity contribution in [1.29, 1.82) is 0 Å². The Morgan fingerprint density at radius 2 is 2.00 bits per heavy atom. The van der Waals surface area contributed by atoms with Gasteiger partial charge in [0.25, 0.3) is 0 Å². The van der Waals surface area contributed by atoms with Crippen molar-refractivity contribution in [1.82, 2.24) is 24.2 Å². The van der Waals surface area contributed by atoms with E-state index in [1.165, 1.54) is 0 Å². The average Bonchev–Trinajstić information content (AvgIpc) is 3.18. The van der Waals surface area contributed by atoms with E-state index in [1.807, 2.05) is 39.9 Å². The van der Waals surface area contributed by atoms with Crippen molar-refractivity contribution in [2.24, 2.45) is 0 Å². The van der Waals surface area contributed by atoms with E-state index in [4.69, 9.17) is 0 Å². The van der Waals surface area contributed by atoms with Crippen LogP contribution >= 0.6 is 0 Å². The fourth-order valence-electron chi connectivity index (χ4n) is 3.34. The van der Waals surface area contributed by atoms with E-state index in [9.17, 15) is 4.79 Å². The molecule has 3 aromatic rings. The summed E-state index contributed by atoms with van der Waals surface area (Å²) in [6.45, 7) is 6.62. The molecular formula is C18H21N5O. The van der Waals surface area contributed by atoms with Crippen molar-refractivity contribution in [3.05, 3.63) is 48.2 Å². The van der Waals surface area contributed by atoms with Crippen molar-refractivity contribution in [3.63, 3.8) is 0 Å². The van der Waals surface area contributed by atoms with Gasteiger partial charge in [-0.15, -0.1) is 10.2 Å². The fourth-order valence-corrected chi connectivity index (χ4v) is 3.34. The van der Waals surface area contributed by atoms with Crippen LogP contribution in [0.4, 0.5) is 0 Å². The molecule has 0 fully saturated rings. The Balaban J connectivity index is 1.51. The molecule has 4 rings (SSSR count). The van der Waals surface area contributed by atoms with Gasteiger partial charge in [-0.3, -0.25) is 4.79 Å². The fraction of sp³-hybridized carbons (Fsp3) is 0.389. The normalized spacial score (nSPS) is 14.4. The van der Waals surface area contributed by atoms with E-state index in [1.54, 1.807) is 0 Å². The molecule has 0 saturated heterocycles. The number of nitrogens with zero attached hydrogens (tertiary/aromatic N) is 5. The number of amides is 1. The predicted molar refractivity (Wildman–Crippen MR) is 91.5 cm³/mol. The van der Waals surface area contributed by atoms with Gasteiger partial charge in [0, 0.05) is 30.7 Å². The number of hydrogen-bond acceptors (Lipinski definition) is 3. The Kier molecular flexibility index (Phi) is 3.59. The number of carbonyl (C=O) groups is 1. The van der Waals surface area contributed by atoms with Crippen LogP contribution in [-0.2, 0) is 24.4 Å². The van der Waals surface area contributed by atoms with E-state index in [0.717, 1.165) is 29.1 Å². The molecule has 3 heterocycles. The van der Waals surface area contributed by atoms with Crippen LogP contribution in [0.2, 0.25) is 0 Å². The number of benzene rings is 1. The molecular weight excluding hydrogens is 302 g/mol. The Hall–Kier alpha value is -2.63. The maximum atomic E-state index is 12.7. The van der Waals surface area contributed by atoms with Crippen molar-refractivity contribution in [2.75, 3.05) is 6.54 Å². The SMILES string of the molecule is CC(C)c1nnc2n1CCN(C(=O)Cn1ccc3ccccc31)C2. The average molecular weight is 323 g/mol. The van der Waals surface area contributed by atoms with Crippen LogP contribution in [-0.4, -0.2) is 36.7 Å². The van der Waals surface area contributed by atoms with Crippen molar-refractivity contribution < 1.29 is 4.79 Å². The number of fused-ring (bicyclic) bond motifs is 2. The Bertz CT molecular complexity index is 892. The molecule has 0 saturated carbocycles. The molecule has 0 radical (unpaired) electrons. The van der Waals surface area contributed by atoms with E-state index in [0.29, 0.717) is 25.6 Å². The van der Waals surface area contributed by atoms with E-state index >= 15 is 0 Å². The zero-order valence-electron chi connectivity index (χ0n) is 14.0. The maximum Gasteiger partial charge on any atom is 0.242 e. The third kappa shape index (κ3) is 2.48. The lowest BCUT2D eigenvalue weighted by Gasteiger charge is -2.28. The highest BCUT2D eigenvalue weighted by molar-refractivity contribution is 5.83. The summed E-state index contributed by atoms with van der Waals surface area (Å²) >= 11 is 0. The molecule has 24 heavy (non-hydrogen) atoms. The lowest BCUT2D eigenvalue weighted by atomic mass is 10.2. The predicted octanol–water partition coefficient (Wildman–Crippen LogP) is 2.40. The van der Waals surface area contributed by atoms with Gasteiger partial charge < -0.3 is 14.0 Å². The van der Waals surface area contributed by atoms with Crippen LogP contribution < -0.4 is 0 Å². The van der Waals surface area contributed by atoms with Gasteiger partial charge in [0.2, 0.25) is 5.91 Å². The molecule has 6 heteroatoms. The molecule has 124 valence electrons.